The molecule has 1 aromatic carbocycles. The van der Waals surface area contributed by atoms with Crippen molar-refractivity contribution in [1.82, 2.24) is 0 Å². The molecule has 0 fully saturated rings. The molecule has 0 spiro atoms. The van der Waals surface area contributed by atoms with Crippen LogP contribution in [0.5, 0.6) is 0 Å². The van der Waals surface area contributed by atoms with E-state index < -0.39 is 0 Å². The topological polar surface area (TPSA) is 38.0 Å². The Bertz CT molecular complexity index is 229. The summed E-state index contributed by atoms with van der Waals surface area (Å²) < 4.78 is 0. The maximum absolute atomic E-state index is 5.94. The Hall–Kier alpha value is -1.02. The molecule has 0 heterocycles. The average Bonchev–Trinajstić information content (AvgIpc) is 2.06. The maximum atomic E-state index is 5.94. The van der Waals surface area contributed by atoms with Gasteiger partial charge >= 0.3 is 0 Å². The average molecular weight is 164 g/mol. The highest BCUT2D eigenvalue weighted by Crippen LogP contribution is 2.12. The number of hydrogen-bond acceptors (Lipinski definition) is 2. The van der Waals surface area contributed by atoms with Crippen LogP contribution in [0, 0.1) is 0 Å². The fraction of sp³-hybridized carbons (Fsp3) is 0.400. The summed E-state index contributed by atoms with van der Waals surface area (Å²) in [6, 6.07) is 10.0. The molecule has 66 valence electrons. The summed E-state index contributed by atoms with van der Waals surface area (Å²) in [7, 11) is 0. The van der Waals surface area contributed by atoms with Crippen LogP contribution < -0.4 is 11.1 Å². The Labute approximate surface area is 73.8 Å². The molecule has 0 bridgehead atoms. The van der Waals surface area contributed by atoms with Gasteiger partial charge in [-0.1, -0.05) is 25.1 Å². The molecule has 1 rings (SSSR count). The van der Waals surface area contributed by atoms with Gasteiger partial charge in [0.2, 0.25) is 0 Å². The summed E-state index contributed by atoms with van der Waals surface area (Å²) >= 11 is 0. The molecular formula is C10H16N2. The maximum Gasteiger partial charge on any atom is 0.0825 e. The third-order valence-corrected chi connectivity index (χ3v) is 1.94. The monoisotopic (exact) mass is 164 g/mol. The molecule has 0 aliphatic carbocycles. The van der Waals surface area contributed by atoms with Crippen LogP contribution in [0.2, 0.25) is 0 Å². The lowest BCUT2D eigenvalue weighted by atomic mass is 10.1. The first-order valence-electron chi connectivity index (χ1n) is 4.26. The van der Waals surface area contributed by atoms with Gasteiger partial charge in [-0.3, -0.25) is 0 Å². The van der Waals surface area contributed by atoms with Gasteiger partial charge in [-0.05, 0) is 25.5 Å². The quantitative estimate of drug-likeness (QED) is 0.672. The highest BCUT2D eigenvalue weighted by atomic mass is 15.1. The van der Waals surface area contributed by atoms with E-state index in [0.29, 0.717) is 0 Å². The van der Waals surface area contributed by atoms with Crippen molar-refractivity contribution >= 4 is 5.69 Å². The fourth-order valence-corrected chi connectivity index (χ4v) is 0.940. The van der Waals surface area contributed by atoms with Crippen molar-refractivity contribution < 1.29 is 0 Å². The van der Waals surface area contributed by atoms with E-state index in [0.717, 1.165) is 12.1 Å². The first-order valence-corrected chi connectivity index (χ1v) is 4.26. The second kappa shape index (κ2) is 3.59. The SMILES string of the molecule is CCC(C)(N)Nc1ccccc1. The second-order valence-electron chi connectivity index (χ2n) is 3.26. The number of benzene rings is 1. The molecule has 1 aromatic rings. The van der Waals surface area contributed by atoms with Gasteiger partial charge in [-0.15, -0.1) is 0 Å². The zero-order valence-corrected chi connectivity index (χ0v) is 7.67. The molecule has 0 saturated carbocycles. The summed E-state index contributed by atoms with van der Waals surface area (Å²) in [5.41, 5.74) is 6.71. The Morgan fingerprint density at radius 3 is 2.42 bits per heavy atom. The normalized spacial score (nSPS) is 15.2. The van der Waals surface area contributed by atoms with Gasteiger partial charge in [0.05, 0.1) is 5.66 Å². The zero-order valence-electron chi connectivity index (χ0n) is 7.67. The molecule has 2 heteroatoms. The van der Waals surface area contributed by atoms with Crippen LogP contribution in [0.3, 0.4) is 0 Å². The van der Waals surface area contributed by atoms with Gasteiger partial charge in [0.1, 0.15) is 0 Å². The molecule has 0 saturated heterocycles. The van der Waals surface area contributed by atoms with Crippen molar-refractivity contribution in [1.29, 1.82) is 0 Å². The van der Waals surface area contributed by atoms with E-state index >= 15 is 0 Å². The van der Waals surface area contributed by atoms with Crippen LogP contribution >= 0.6 is 0 Å². The van der Waals surface area contributed by atoms with Gasteiger partial charge in [0.25, 0.3) is 0 Å². The Morgan fingerprint density at radius 2 is 1.92 bits per heavy atom. The number of nitrogens with two attached hydrogens (primary N) is 1. The molecular weight excluding hydrogens is 148 g/mol. The summed E-state index contributed by atoms with van der Waals surface area (Å²) in [6.45, 7) is 4.05. The number of rotatable bonds is 3. The van der Waals surface area contributed by atoms with Crippen LogP contribution in [0.4, 0.5) is 5.69 Å². The largest absolute Gasteiger partial charge is 0.368 e. The molecule has 3 N–H and O–H groups in total. The molecule has 1 atom stereocenters. The third kappa shape index (κ3) is 2.55. The van der Waals surface area contributed by atoms with Gasteiger partial charge in [-0.25, -0.2) is 0 Å². The Kier molecular flexibility index (Phi) is 2.71. The minimum atomic E-state index is -0.304. The molecule has 2 nitrogen and oxygen atoms in total. The van der Waals surface area contributed by atoms with E-state index in [1.54, 1.807) is 0 Å². The van der Waals surface area contributed by atoms with E-state index in [1.807, 2.05) is 37.3 Å². The highest BCUT2D eigenvalue weighted by molar-refractivity contribution is 5.44. The van der Waals surface area contributed by atoms with Crippen LogP contribution in [-0.4, -0.2) is 5.66 Å². The third-order valence-electron chi connectivity index (χ3n) is 1.94. The van der Waals surface area contributed by atoms with Crippen molar-refractivity contribution in [3.05, 3.63) is 30.3 Å². The number of hydrogen-bond donors (Lipinski definition) is 2. The highest BCUT2D eigenvalue weighted by Gasteiger charge is 2.13. The summed E-state index contributed by atoms with van der Waals surface area (Å²) in [5, 5.41) is 3.25. The first-order chi connectivity index (χ1) is 5.64. The predicted molar refractivity (Wildman–Crippen MR) is 52.9 cm³/mol. The van der Waals surface area contributed by atoms with E-state index in [9.17, 15) is 0 Å². The molecule has 0 aliphatic heterocycles. The fourth-order valence-electron chi connectivity index (χ4n) is 0.940. The van der Waals surface area contributed by atoms with Crippen molar-refractivity contribution in [2.75, 3.05) is 5.32 Å². The summed E-state index contributed by atoms with van der Waals surface area (Å²) in [5.74, 6) is 0. The zero-order chi connectivity index (χ0) is 9.03. The summed E-state index contributed by atoms with van der Waals surface area (Å²) in [6.07, 6.45) is 0.905. The standard InChI is InChI=1S/C10H16N2/c1-3-10(2,11)12-9-7-5-4-6-8-9/h4-8,12H,3,11H2,1-2H3. The lowest BCUT2D eigenvalue weighted by Crippen LogP contribution is -2.43. The van der Waals surface area contributed by atoms with Gasteiger partial charge in [0, 0.05) is 5.69 Å². The van der Waals surface area contributed by atoms with Crippen LogP contribution in [-0.2, 0) is 0 Å². The van der Waals surface area contributed by atoms with Gasteiger partial charge in [0.15, 0.2) is 0 Å². The molecule has 1 unspecified atom stereocenters. The van der Waals surface area contributed by atoms with E-state index in [-0.39, 0.29) is 5.66 Å². The molecule has 12 heavy (non-hydrogen) atoms. The van der Waals surface area contributed by atoms with E-state index in [1.165, 1.54) is 0 Å². The van der Waals surface area contributed by atoms with E-state index in [2.05, 4.69) is 12.2 Å². The van der Waals surface area contributed by atoms with Crippen molar-refractivity contribution in [3.63, 3.8) is 0 Å². The second-order valence-corrected chi connectivity index (χ2v) is 3.26. The van der Waals surface area contributed by atoms with Gasteiger partial charge < -0.3 is 11.1 Å². The number of anilines is 1. The van der Waals surface area contributed by atoms with Crippen LogP contribution in [0.25, 0.3) is 0 Å². The van der Waals surface area contributed by atoms with E-state index in [4.69, 9.17) is 5.73 Å². The van der Waals surface area contributed by atoms with Crippen molar-refractivity contribution in [3.8, 4) is 0 Å². The lowest BCUT2D eigenvalue weighted by Gasteiger charge is -2.25. The van der Waals surface area contributed by atoms with Crippen molar-refractivity contribution in [2.24, 2.45) is 5.73 Å². The Morgan fingerprint density at radius 1 is 1.33 bits per heavy atom. The molecule has 0 aromatic heterocycles. The van der Waals surface area contributed by atoms with Gasteiger partial charge in [-0.2, -0.15) is 0 Å². The van der Waals surface area contributed by atoms with Crippen molar-refractivity contribution in [2.45, 2.75) is 25.9 Å². The Balaban J connectivity index is 2.64. The predicted octanol–water partition coefficient (Wildman–Crippen LogP) is 2.18. The smallest absolute Gasteiger partial charge is 0.0825 e. The number of para-hydroxylation sites is 1. The molecule has 0 radical (unpaired) electrons. The minimum absolute atomic E-state index is 0.304. The van der Waals surface area contributed by atoms with Crippen LogP contribution in [0.15, 0.2) is 30.3 Å². The minimum Gasteiger partial charge on any atom is -0.368 e. The number of nitrogens with one attached hydrogen (secondary N) is 1. The summed E-state index contributed by atoms with van der Waals surface area (Å²) in [4.78, 5) is 0. The molecule has 0 aliphatic rings. The van der Waals surface area contributed by atoms with Crippen LogP contribution in [0.1, 0.15) is 20.3 Å². The lowest BCUT2D eigenvalue weighted by molar-refractivity contribution is 0.518. The first kappa shape index (κ1) is 9.07. The molecule has 0 amide bonds.